The fourth-order valence-electron chi connectivity index (χ4n) is 1.78. The van der Waals surface area contributed by atoms with Crippen LogP contribution >= 0.6 is 0 Å². The molecule has 0 N–H and O–H groups in total. The second-order valence-corrected chi connectivity index (χ2v) is 5.21. The minimum atomic E-state index is -0.320. The van der Waals surface area contributed by atoms with Crippen molar-refractivity contribution < 1.29 is 9.53 Å². The fraction of sp³-hybridized carbons (Fsp3) is 0.615. The van der Waals surface area contributed by atoms with Gasteiger partial charge in [0.25, 0.3) is 0 Å². The molecule has 1 rings (SSSR count). The molecule has 0 aromatic rings. The Labute approximate surface area is 92.0 Å². The summed E-state index contributed by atoms with van der Waals surface area (Å²) in [6.45, 7) is 6.20. The maximum absolute atomic E-state index is 12.0. The van der Waals surface area contributed by atoms with Crippen LogP contribution in [0.4, 0.5) is 0 Å². The lowest BCUT2D eigenvalue weighted by Gasteiger charge is -2.23. The van der Waals surface area contributed by atoms with Crippen LogP contribution in [0.25, 0.3) is 0 Å². The van der Waals surface area contributed by atoms with Gasteiger partial charge in [0.2, 0.25) is 0 Å². The summed E-state index contributed by atoms with van der Waals surface area (Å²) in [5.74, 6) is 0.302. The molecule has 1 aliphatic rings. The van der Waals surface area contributed by atoms with Crippen LogP contribution in [0.2, 0.25) is 0 Å². The van der Waals surface area contributed by atoms with Gasteiger partial charge >= 0.3 is 0 Å². The Balaban J connectivity index is 2.62. The summed E-state index contributed by atoms with van der Waals surface area (Å²) in [6, 6.07) is 0. The van der Waals surface area contributed by atoms with Crippen LogP contribution in [0.15, 0.2) is 24.3 Å². The minimum Gasteiger partial charge on any atom is -0.373 e. The number of ketones is 1. The SMILES string of the molecule is COC(C(=O)CC(C)(C)C)C1C=CC=C1. The van der Waals surface area contributed by atoms with Crippen molar-refractivity contribution in [2.45, 2.75) is 33.3 Å². The molecule has 84 valence electrons. The van der Waals surface area contributed by atoms with Crippen molar-refractivity contribution >= 4 is 5.78 Å². The van der Waals surface area contributed by atoms with Crippen molar-refractivity contribution in [1.29, 1.82) is 0 Å². The van der Waals surface area contributed by atoms with Crippen molar-refractivity contribution in [3.8, 4) is 0 Å². The second-order valence-electron chi connectivity index (χ2n) is 5.21. The van der Waals surface area contributed by atoms with Gasteiger partial charge in [0.1, 0.15) is 6.10 Å². The molecular weight excluding hydrogens is 188 g/mol. The number of ether oxygens (including phenoxy) is 1. The highest BCUT2D eigenvalue weighted by molar-refractivity contribution is 5.84. The van der Waals surface area contributed by atoms with E-state index in [0.29, 0.717) is 6.42 Å². The Hall–Kier alpha value is -0.890. The number of hydrogen-bond acceptors (Lipinski definition) is 2. The number of carbonyl (C=O) groups is 1. The molecule has 0 aromatic carbocycles. The van der Waals surface area contributed by atoms with Gasteiger partial charge in [-0.1, -0.05) is 45.1 Å². The smallest absolute Gasteiger partial charge is 0.162 e. The van der Waals surface area contributed by atoms with Gasteiger partial charge in [0, 0.05) is 19.4 Å². The van der Waals surface area contributed by atoms with Gasteiger partial charge < -0.3 is 4.74 Å². The molecule has 0 saturated carbocycles. The predicted molar refractivity (Wildman–Crippen MR) is 61.6 cm³/mol. The predicted octanol–water partition coefficient (Wildman–Crippen LogP) is 2.75. The van der Waals surface area contributed by atoms with Crippen molar-refractivity contribution in [2.75, 3.05) is 7.11 Å². The maximum atomic E-state index is 12.0. The van der Waals surface area contributed by atoms with Crippen molar-refractivity contribution in [1.82, 2.24) is 0 Å². The molecule has 2 nitrogen and oxygen atoms in total. The Morgan fingerprint density at radius 3 is 2.27 bits per heavy atom. The Kier molecular flexibility index (Phi) is 3.86. The molecule has 0 amide bonds. The lowest BCUT2D eigenvalue weighted by molar-refractivity contribution is -0.131. The molecule has 0 aliphatic heterocycles. The van der Waals surface area contributed by atoms with E-state index in [0.717, 1.165) is 0 Å². The van der Waals surface area contributed by atoms with E-state index in [1.165, 1.54) is 0 Å². The summed E-state index contributed by atoms with van der Waals surface area (Å²) in [7, 11) is 1.60. The first kappa shape index (κ1) is 12.2. The van der Waals surface area contributed by atoms with Crippen LogP contribution in [0.1, 0.15) is 27.2 Å². The van der Waals surface area contributed by atoms with Crippen molar-refractivity contribution in [3.05, 3.63) is 24.3 Å². The van der Waals surface area contributed by atoms with Crippen LogP contribution in [-0.2, 0) is 9.53 Å². The molecule has 0 spiro atoms. The number of hydrogen-bond donors (Lipinski definition) is 0. The van der Waals surface area contributed by atoms with E-state index in [9.17, 15) is 4.79 Å². The van der Waals surface area contributed by atoms with Gasteiger partial charge in [-0.3, -0.25) is 4.79 Å². The molecule has 0 bridgehead atoms. The third-order valence-corrected chi connectivity index (χ3v) is 2.40. The zero-order valence-corrected chi connectivity index (χ0v) is 9.99. The van der Waals surface area contributed by atoms with E-state index in [1.807, 2.05) is 24.3 Å². The number of allylic oxidation sites excluding steroid dienone is 2. The van der Waals surface area contributed by atoms with Gasteiger partial charge in [0.15, 0.2) is 5.78 Å². The zero-order valence-electron chi connectivity index (χ0n) is 9.99. The minimum absolute atomic E-state index is 0.0277. The van der Waals surface area contributed by atoms with Gasteiger partial charge in [-0.05, 0) is 5.41 Å². The Morgan fingerprint density at radius 2 is 1.87 bits per heavy atom. The van der Waals surface area contributed by atoms with Gasteiger partial charge in [0.05, 0.1) is 0 Å². The van der Waals surface area contributed by atoms with E-state index in [4.69, 9.17) is 4.74 Å². The van der Waals surface area contributed by atoms with Gasteiger partial charge in [-0.15, -0.1) is 0 Å². The average molecular weight is 208 g/mol. The number of methoxy groups -OCH3 is 1. The molecule has 0 aromatic heterocycles. The quantitative estimate of drug-likeness (QED) is 0.710. The molecule has 1 atom stereocenters. The van der Waals surface area contributed by atoms with Crippen LogP contribution < -0.4 is 0 Å². The molecular formula is C13H20O2. The monoisotopic (exact) mass is 208 g/mol. The van der Waals surface area contributed by atoms with Gasteiger partial charge in [-0.25, -0.2) is 0 Å². The number of Topliss-reactive ketones (excluding diaryl/α,β-unsaturated/α-hetero) is 1. The summed E-state index contributed by atoms with van der Waals surface area (Å²) in [5.41, 5.74) is 0.0277. The van der Waals surface area contributed by atoms with Crippen molar-refractivity contribution in [3.63, 3.8) is 0 Å². The normalized spacial score (nSPS) is 18.4. The van der Waals surface area contributed by atoms with Crippen molar-refractivity contribution in [2.24, 2.45) is 11.3 Å². The van der Waals surface area contributed by atoms with E-state index in [2.05, 4.69) is 20.8 Å². The molecule has 0 radical (unpaired) electrons. The van der Waals surface area contributed by atoms with Crippen LogP contribution in [0.5, 0.6) is 0 Å². The molecule has 15 heavy (non-hydrogen) atoms. The largest absolute Gasteiger partial charge is 0.373 e. The lowest BCUT2D eigenvalue weighted by atomic mass is 9.86. The topological polar surface area (TPSA) is 26.3 Å². The summed E-state index contributed by atoms with van der Waals surface area (Å²) in [6.07, 6.45) is 8.18. The van der Waals surface area contributed by atoms with E-state index < -0.39 is 0 Å². The Morgan fingerprint density at radius 1 is 1.33 bits per heavy atom. The summed E-state index contributed by atoms with van der Waals surface area (Å²) in [5, 5.41) is 0. The van der Waals surface area contributed by atoms with E-state index in [-0.39, 0.29) is 23.2 Å². The Bertz CT molecular complexity index is 269. The van der Waals surface area contributed by atoms with E-state index in [1.54, 1.807) is 7.11 Å². The van der Waals surface area contributed by atoms with Crippen LogP contribution in [0, 0.1) is 11.3 Å². The second kappa shape index (κ2) is 4.75. The first-order chi connectivity index (χ1) is 6.94. The molecule has 2 heteroatoms. The molecule has 1 unspecified atom stereocenters. The summed E-state index contributed by atoms with van der Waals surface area (Å²) in [4.78, 5) is 12.0. The maximum Gasteiger partial charge on any atom is 0.162 e. The highest BCUT2D eigenvalue weighted by Crippen LogP contribution is 2.24. The van der Waals surface area contributed by atoms with Gasteiger partial charge in [-0.2, -0.15) is 0 Å². The molecule has 0 saturated heterocycles. The molecule has 0 heterocycles. The number of carbonyl (C=O) groups excluding carboxylic acids is 1. The average Bonchev–Trinajstić information content (AvgIpc) is 2.54. The standard InChI is InChI=1S/C13H20O2/c1-13(2,3)9-11(14)12(15-4)10-7-5-6-8-10/h5-8,10,12H,9H2,1-4H3. The number of rotatable bonds is 4. The third-order valence-electron chi connectivity index (χ3n) is 2.40. The molecule has 0 fully saturated rings. The zero-order chi connectivity index (χ0) is 11.5. The third kappa shape index (κ3) is 3.63. The van der Waals surface area contributed by atoms with Crippen LogP contribution in [-0.4, -0.2) is 19.0 Å². The fourth-order valence-corrected chi connectivity index (χ4v) is 1.78. The highest BCUT2D eigenvalue weighted by atomic mass is 16.5. The first-order valence-electron chi connectivity index (χ1n) is 5.34. The first-order valence-corrected chi connectivity index (χ1v) is 5.34. The van der Waals surface area contributed by atoms with Crippen LogP contribution in [0.3, 0.4) is 0 Å². The molecule has 1 aliphatic carbocycles. The highest BCUT2D eigenvalue weighted by Gasteiger charge is 2.28. The lowest BCUT2D eigenvalue weighted by Crippen LogP contribution is -2.31. The summed E-state index contributed by atoms with van der Waals surface area (Å²) < 4.78 is 5.29. The summed E-state index contributed by atoms with van der Waals surface area (Å²) >= 11 is 0. The van der Waals surface area contributed by atoms with E-state index >= 15 is 0 Å².